The Morgan fingerprint density at radius 2 is 1.90 bits per heavy atom. The molecule has 14 nitrogen and oxygen atoms in total. The number of carbonyl (C=O) groups excluding carboxylic acids is 5. The molecular formula is C35H45N5O9S. The van der Waals surface area contributed by atoms with E-state index in [0.717, 1.165) is 16.7 Å². The zero-order valence-corrected chi connectivity index (χ0v) is 29.4. The Kier molecular flexibility index (Phi) is 9.48. The first kappa shape index (κ1) is 35.4. The van der Waals surface area contributed by atoms with Crippen molar-refractivity contribution in [1.82, 2.24) is 25.2 Å². The Morgan fingerprint density at radius 1 is 1.14 bits per heavy atom. The highest BCUT2D eigenvalue weighted by Crippen LogP contribution is 2.45. The molecule has 2 saturated carbocycles. The number of nitrogens with zero attached hydrogens (tertiary/aromatic N) is 2. The van der Waals surface area contributed by atoms with Gasteiger partial charge in [0.15, 0.2) is 0 Å². The number of amides is 5. The summed E-state index contributed by atoms with van der Waals surface area (Å²) in [5, 5.41) is 4.76. The van der Waals surface area contributed by atoms with E-state index in [9.17, 15) is 32.4 Å². The lowest BCUT2D eigenvalue weighted by molar-refractivity contribution is -0.142. The summed E-state index contributed by atoms with van der Waals surface area (Å²) in [5.74, 6) is -2.72. The smallest absolute Gasteiger partial charge is 0.410 e. The zero-order chi connectivity index (χ0) is 36.0. The number of nitrogens with one attached hydrogen (secondary N) is 3. The number of rotatable bonds is 6. The van der Waals surface area contributed by atoms with Crippen LogP contribution in [0.25, 0.3) is 6.08 Å². The van der Waals surface area contributed by atoms with Crippen LogP contribution in [-0.2, 0) is 47.0 Å². The van der Waals surface area contributed by atoms with E-state index in [1.807, 2.05) is 30.4 Å². The predicted molar refractivity (Wildman–Crippen MR) is 181 cm³/mol. The minimum Gasteiger partial charge on any atom is -0.450 e. The van der Waals surface area contributed by atoms with Crippen molar-refractivity contribution in [3.8, 4) is 0 Å². The van der Waals surface area contributed by atoms with Gasteiger partial charge in [0.2, 0.25) is 21.8 Å². The Balaban J connectivity index is 1.27. The van der Waals surface area contributed by atoms with Crippen molar-refractivity contribution >= 4 is 46.0 Å². The molecular weight excluding hydrogens is 666 g/mol. The summed E-state index contributed by atoms with van der Waals surface area (Å²) < 4.78 is 38.7. The molecule has 3 aliphatic heterocycles. The van der Waals surface area contributed by atoms with Gasteiger partial charge in [-0.05, 0) is 54.2 Å². The lowest BCUT2D eigenvalue weighted by Crippen LogP contribution is -2.60. The Morgan fingerprint density at radius 3 is 2.58 bits per heavy atom. The molecule has 3 fully saturated rings. The van der Waals surface area contributed by atoms with Gasteiger partial charge in [-0.3, -0.25) is 24.0 Å². The topological polar surface area (TPSA) is 181 Å². The van der Waals surface area contributed by atoms with Crippen LogP contribution in [0.5, 0.6) is 0 Å². The van der Waals surface area contributed by atoms with Crippen molar-refractivity contribution < 1.29 is 41.9 Å². The van der Waals surface area contributed by atoms with Crippen LogP contribution in [0.15, 0.2) is 36.9 Å². The average molecular weight is 712 g/mol. The molecule has 2 aliphatic carbocycles. The minimum absolute atomic E-state index is 0.0871. The Hall–Kier alpha value is -4.40. The number of hydrogen-bond acceptors (Lipinski definition) is 9. The van der Waals surface area contributed by atoms with Crippen LogP contribution in [-0.4, -0.2) is 90.3 Å². The second-order valence-electron chi connectivity index (χ2n) is 14.9. The molecule has 0 aromatic heterocycles. The number of cyclic esters (lactones) is 1. The highest BCUT2D eigenvalue weighted by Gasteiger charge is 2.62. The highest BCUT2D eigenvalue weighted by molar-refractivity contribution is 7.91. The number of benzene rings is 1. The summed E-state index contributed by atoms with van der Waals surface area (Å²) in [5.41, 5.74) is 0.553. The van der Waals surface area contributed by atoms with Gasteiger partial charge >= 0.3 is 12.2 Å². The van der Waals surface area contributed by atoms with Crippen LogP contribution in [0.4, 0.5) is 9.59 Å². The first-order chi connectivity index (χ1) is 23.6. The minimum atomic E-state index is -3.90. The van der Waals surface area contributed by atoms with Crippen LogP contribution in [0, 0.1) is 11.3 Å². The molecule has 0 radical (unpaired) electrons. The SMILES string of the molecule is C=C[C@@H]1C[C@]1(NC(=O)[C@@H]1C[C@@H]2CN1C(=O)[C@H](C(C)(C)C)NC(=O)OCCC/C=C/c1cccc3c1CN(C3)C(=O)O2)C(=O)NS(=O)(=O)C1CC1. The van der Waals surface area contributed by atoms with E-state index >= 15 is 0 Å². The third kappa shape index (κ3) is 7.23. The summed E-state index contributed by atoms with van der Waals surface area (Å²) in [6.07, 6.45) is 5.28. The van der Waals surface area contributed by atoms with Crippen molar-refractivity contribution in [3.63, 3.8) is 0 Å². The van der Waals surface area contributed by atoms with Crippen LogP contribution >= 0.6 is 0 Å². The number of sulfonamides is 1. The van der Waals surface area contributed by atoms with Crippen molar-refractivity contribution in [2.75, 3.05) is 13.2 Å². The molecule has 1 aromatic rings. The maximum absolute atomic E-state index is 14.3. The van der Waals surface area contributed by atoms with Crippen LogP contribution in [0.2, 0.25) is 0 Å². The fraction of sp³-hybridized carbons (Fsp3) is 0.571. The third-order valence-electron chi connectivity index (χ3n) is 10.1. The maximum atomic E-state index is 14.3. The molecule has 4 bridgehead atoms. The van der Waals surface area contributed by atoms with Gasteiger partial charge in [-0.1, -0.05) is 57.2 Å². The number of alkyl carbamates (subject to hydrolysis) is 1. The summed E-state index contributed by atoms with van der Waals surface area (Å²) in [6.45, 7) is 9.65. The Bertz CT molecular complexity index is 1730. The van der Waals surface area contributed by atoms with Crippen molar-refractivity contribution in [2.24, 2.45) is 11.3 Å². The van der Waals surface area contributed by atoms with Crippen LogP contribution in [0.1, 0.15) is 76.0 Å². The summed E-state index contributed by atoms with van der Waals surface area (Å²) >= 11 is 0. The number of ether oxygens (including phenoxy) is 2. The van der Waals surface area contributed by atoms with Gasteiger partial charge in [0.25, 0.3) is 5.91 Å². The number of hydrogen-bond donors (Lipinski definition) is 3. The monoisotopic (exact) mass is 711 g/mol. The standard InChI is InChI=1S/C35H45N5O9S/c1-5-23-17-35(23,31(43)38-50(46,47)25-13-14-25)37-29(41)27-16-24-19-40(27)30(42)28(34(2,3)4)36-32(44)48-15-8-6-7-10-21-11-9-12-22-18-39(20-26(21)22)33(45)49-24/h5,7,9-12,23-25,27-28H,1,6,8,13-20H2,2-4H3,(H,36,44)(H,37,41)(H,38,43)/b10-7+/t23-,24-,27+,28-,35-/m1/s1. The van der Waals surface area contributed by atoms with E-state index in [1.165, 1.54) is 11.0 Å². The van der Waals surface area contributed by atoms with Crippen molar-refractivity contribution in [2.45, 2.75) is 101 Å². The van der Waals surface area contributed by atoms with E-state index in [4.69, 9.17) is 9.47 Å². The van der Waals surface area contributed by atoms with Gasteiger partial charge in [0.1, 0.15) is 23.7 Å². The fourth-order valence-electron chi connectivity index (χ4n) is 6.89. The van der Waals surface area contributed by atoms with Gasteiger partial charge < -0.3 is 25.0 Å². The molecule has 0 spiro atoms. The van der Waals surface area contributed by atoms with Gasteiger partial charge in [0.05, 0.1) is 24.9 Å². The van der Waals surface area contributed by atoms with Crippen LogP contribution < -0.4 is 15.4 Å². The number of carbonyl (C=O) groups is 5. The third-order valence-corrected chi connectivity index (χ3v) is 11.9. The summed E-state index contributed by atoms with van der Waals surface area (Å²) in [6, 6.07) is 3.51. The van der Waals surface area contributed by atoms with E-state index in [-0.39, 0.29) is 26.0 Å². The van der Waals surface area contributed by atoms with Crippen molar-refractivity contribution in [1.29, 1.82) is 0 Å². The van der Waals surface area contributed by atoms with E-state index in [1.54, 1.807) is 25.7 Å². The van der Waals surface area contributed by atoms with Gasteiger partial charge in [0, 0.05) is 18.9 Å². The molecule has 1 aromatic carbocycles. The molecule has 1 saturated heterocycles. The summed E-state index contributed by atoms with van der Waals surface area (Å²) in [4.78, 5) is 71.1. The first-order valence-electron chi connectivity index (χ1n) is 17.1. The maximum Gasteiger partial charge on any atom is 0.410 e. The Labute approximate surface area is 292 Å². The lowest BCUT2D eigenvalue weighted by atomic mass is 9.85. The van der Waals surface area contributed by atoms with E-state index in [2.05, 4.69) is 21.9 Å². The largest absolute Gasteiger partial charge is 0.450 e. The van der Waals surface area contributed by atoms with Gasteiger partial charge in [-0.2, -0.15) is 0 Å². The zero-order valence-electron chi connectivity index (χ0n) is 28.6. The molecule has 6 rings (SSSR count). The highest BCUT2D eigenvalue weighted by atomic mass is 32.2. The quantitative estimate of drug-likeness (QED) is 0.374. The number of allylic oxidation sites excluding steroid dienone is 1. The molecule has 3 N–H and O–H groups in total. The molecule has 0 unspecified atom stereocenters. The predicted octanol–water partition coefficient (Wildman–Crippen LogP) is 2.73. The van der Waals surface area contributed by atoms with E-state index < -0.39 is 80.2 Å². The lowest BCUT2D eigenvalue weighted by Gasteiger charge is -2.35. The average Bonchev–Trinajstić information content (AvgIpc) is 3.94. The second-order valence-corrected chi connectivity index (χ2v) is 16.9. The first-order valence-corrected chi connectivity index (χ1v) is 18.6. The summed E-state index contributed by atoms with van der Waals surface area (Å²) in [7, 11) is -3.90. The second kappa shape index (κ2) is 13.4. The normalized spacial score (nSPS) is 29.4. The van der Waals surface area contributed by atoms with Gasteiger partial charge in [-0.15, -0.1) is 6.58 Å². The molecule has 3 heterocycles. The number of fused-ring (bicyclic) bond motifs is 3. The fourth-order valence-corrected chi connectivity index (χ4v) is 8.26. The molecule has 50 heavy (non-hydrogen) atoms. The molecule has 270 valence electrons. The molecule has 5 amide bonds. The molecule has 15 heteroatoms. The van der Waals surface area contributed by atoms with Crippen molar-refractivity contribution in [3.05, 3.63) is 53.6 Å². The molecule has 5 atom stereocenters. The van der Waals surface area contributed by atoms with Crippen LogP contribution in [0.3, 0.4) is 0 Å². The van der Waals surface area contributed by atoms with E-state index in [0.29, 0.717) is 38.8 Å². The molecule has 5 aliphatic rings. The van der Waals surface area contributed by atoms with Gasteiger partial charge in [-0.25, -0.2) is 18.0 Å².